The summed E-state index contributed by atoms with van der Waals surface area (Å²) in [4.78, 5) is 31.1. The molecule has 1 aliphatic carbocycles. The fraction of sp³-hybridized carbons (Fsp3) is 0.688. The number of aromatic nitrogens is 2. The molecule has 1 amide bonds. The number of carbonyl (C=O) groups excluding carboxylic acids is 1. The predicted molar refractivity (Wildman–Crippen MR) is 89.3 cm³/mol. The van der Waals surface area contributed by atoms with Gasteiger partial charge in [0.2, 0.25) is 5.91 Å². The standard InChI is InChI=1S/C16H25N3O2S/c1-10(2)13-9-14(20)19-16(18-13)22-11(3)15(21)17-12-7-5-4-6-8-12/h9-12H,4-8H2,1-3H3,(H,17,21)(H,18,19,20). The molecule has 1 fully saturated rings. The first-order valence-electron chi connectivity index (χ1n) is 8.04. The third-order valence-corrected chi connectivity index (χ3v) is 4.92. The van der Waals surface area contributed by atoms with E-state index in [2.05, 4.69) is 15.3 Å². The lowest BCUT2D eigenvalue weighted by Gasteiger charge is -2.24. The summed E-state index contributed by atoms with van der Waals surface area (Å²) in [5.41, 5.74) is 0.590. The number of aromatic amines is 1. The van der Waals surface area contributed by atoms with Crippen molar-refractivity contribution in [2.75, 3.05) is 0 Å². The topological polar surface area (TPSA) is 74.8 Å². The molecule has 1 unspecified atom stereocenters. The van der Waals surface area contributed by atoms with E-state index in [1.807, 2.05) is 20.8 Å². The van der Waals surface area contributed by atoms with Gasteiger partial charge >= 0.3 is 0 Å². The molecule has 0 aliphatic heterocycles. The maximum atomic E-state index is 12.3. The van der Waals surface area contributed by atoms with E-state index in [9.17, 15) is 9.59 Å². The Balaban J connectivity index is 1.97. The molecule has 1 atom stereocenters. The van der Waals surface area contributed by atoms with Gasteiger partial charge in [-0.3, -0.25) is 9.59 Å². The number of hydrogen-bond donors (Lipinski definition) is 2. The van der Waals surface area contributed by atoms with Crippen LogP contribution in [0.1, 0.15) is 64.5 Å². The van der Waals surface area contributed by atoms with E-state index in [1.54, 1.807) is 0 Å². The SMILES string of the molecule is CC(Sc1nc(C(C)C)cc(=O)[nH]1)C(=O)NC1CCCCC1. The number of hydrogen-bond acceptors (Lipinski definition) is 4. The van der Waals surface area contributed by atoms with Gasteiger partial charge in [0.15, 0.2) is 5.16 Å². The molecule has 0 aromatic carbocycles. The van der Waals surface area contributed by atoms with Crippen molar-refractivity contribution >= 4 is 17.7 Å². The van der Waals surface area contributed by atoms with Crippen molar-refractivity contribution in [3.05, 3.63) is 22.1 Å². The Morgan fingerprint density at radius 3 is 2.64 bits per heavy atom. The van der Waals surface area contributed by atoms with Gasteiger partial charge in [0.25, 0.3) is 5.56 Å². The van der Waals surface area contributed by atoms with Gasteiger partial charge in [0.05, 0.1) is 10.9 Å². The third kappa shape index (κ3) is 4.87. The molecule has 1 aliphatic rings. The van der Waals surface area contributed by atoms with Gasteiger partial charge in [-0.05, 0) is 25.7 Å². The molecule has 122 valence electrons. The zero-order valence-electron chi connectivity index (χ0n) is 13.5. The summed E-state index contributed by atoms with van der Waals surface area (Å²) in [6, 6.07) is 1.82. The first-order valence-corrected chi connectivity index (χ1v) is 8.92. The Bertz CT molecular complexity index is 565. The fourth-order valence-corrected chi connectivity index (χ4v) is 3.42. The summed E-state index contributed by atoms with van der Waals surface area (Å²) in [5, 5.41) is 3.36. The monoisotopic (exact) mass is 323 g/mol. The Labute approximate surface area is 135 Å². The highest BCUT2D eigenvalue weighted by Gasteiger charge is 2.21. The molecule has 1 saturated carbocycles. The van der Waals surface area contributed by atoms with Crippen LogP contribution < -0.4 is 10.9 Å². The number of rotatable bonds is 5. The highest BCUT2D eigenvalue weighted by atomic mass is 32.2. The minimum atomic E-state index is -0.271. The van der Waals surface area contributed by atoms with Crippen LogP contribution in [-0.4, -0.2) is 27.2 Å². The maximum absolute atomic E-state index is 12.3. The number of nitrogens with zero attached hydrogens (tertiary/aromatic N) is 1. The highest BCUT2D eigenvalue weighted by Crippen LogP contribution is 2.22. The molecule has 6 heteroatoms. The van der Waals surface area contributed by atoms with Crippen molar-refractivity contribution in [1.82, 2.24) is 15.3 Å². The van der Waals surface area contributed by atoms with Crippen molar-refractivity contribution in [2.24, 2.45) is 0 Å². The molecule has 22 heavy (non-hydrogen) atoms. The first-order chi connectivity index (χ1) is 10.5. The molecule has 0 saturated heterocycles. The number of H-pyrrole nitrogens is 1. The highest BCUT2D eigenvalue weighted by molar-refractivity contribution is 8.00. The second-order valence-electron chi connectivity index (χ2n) is 6.23. The largest absolute Gasteiger partial charge is 0.352 e. The van der Waals surface area contributed by atoms with E-state index >= 15 is 0 Å². The average molecular weight is 323 g/mol. The lowest BCUT2D eigenvalue weighted by atomic mass is 9.95. The minimum Gasteiger partial charge on any atom is -0.352 e. The second kappa shape index (κ2) is 7.81. The van der Waals surface area contributed by atoms with E-state index in [0.29, 0.717) is 11.2 Å². The molecule has 1 aromatic rings. The maximum Gasteiger partial charge on any atom is 0.251 e. The van der Waals surface area contributed by atoms with Crippen LogP contribution in [-0.2, 0) is 4.79 Å². The predicted octanol–water partition coefficient (Wildman–Crippen LogP) is 2.82. The van der Waals surface area contributed by atoms with Crippen LogP contribution in [0.5, 0.6) is 0 Å². The molecule has 2 N–H and O–H groups in total. The molecular formula is C16H25N3O2S. The van der Waals surface area contributed by atoms with Gasteiger partial charge in [0, 0.05) is 12.1 Å². The number of thioether (sulfide) groups is 1. The number of nitrogens with one attached hydrogen (secondary N) is 2. The lowest BCUT2D eigenvalue weighted by Crippen LogP contribution is -2.40. The Morgan fingerprint density at radius 1 is 1.32 bits per heavy atom. The van der Waals surface area contributed by atoms with Crippen molar-refractivity contribution in [3.63, 3.8) is 0 Å². The van der Waals surface area contributed by atoms with E-state index < -0.39 is 0 Å². The lowest BCUT2D eigenvalue weighted by molar-refractivity contribution is -0.121. The normalized spacial score (nSPS) is 17.5. The smallest absolute Gasteiger partial charge is 0.251 e. The molecule has 1 heterocycles. The van der Waals surface area contributed by atoms with Crippen LogP contribution in [0.15, 0.2) is 16.0 Å². The molecule has 2 rings (SSSR count). The molecule has 0 spiro atoms. The summed E-state index contributed by atoms with van der Waals surface area (Å²) >= 11 is 1.31. The van der Waals surface area contributed by atoms with Crippen molar-refractivity contribution in [1.29, 1.82) is 0 Å². The van der Waals surface area contributed by atoms with Crippen LogP contribution in [0.25, 0.3) is 0 Å². The van der Waals surface area contributed by atoms with Gasteiger partial charge in [-0.15, -0.1) is 0 Å². The minimum absolute atomic E-state index is 0.0227. The van der Waals surface area contributed by atoms with E-state index in [1.165, 1.54) is 37.1 Å². The zero-order valence-corrected chi connectivity index (χ0v) is 14.3. The van der Waals surface area contributed by atoms with Crippen molar-refractivity contribution in [3.8, 4) is 0 Å². The van der Waals surface area contributed by atoms with E-state index in [0.717, 1.165) is 18.5 Å². The van der Waals surface area contributed by atoms with Gasteiger partial charge < -0.3 is 10.3 Å². The van der Waals surface area contributed by atoms with Crippen LogP contribution >= 0.6 is 11.8 Å². The van der Waals surface area contributed by atoms with E-state index in [4.69, 9.17) is 0 Å². The van der Waals surface area contributed by atoms with Crippen molar-refractivity contribution in [2.45, 2.75) is 75.2 Å². The van der Waals surface area contributed by atoms with Crippen LogP contribution in [0.4, 0.5) is 0 Å². The number of carbonyl (C=O) groups is 1. The Hall–Kier alpha value is -1.30. The summed E-state index contributed by atoms with van der Waals surface area (Å²) in [5.74, 6) is 0.211. The van der Waals surface area contributed by atoms with Crippen LogP contribution in [0.2, 0.25) is 0 Å². The van der Waals surface area contributed by atoms with Gasteiger partial charge in [-0.2, -0.15) is 0 Å². The summed E-state index contributed by atoms with van der Waals surface area (Å²) in [6.45, 7) is 5.84. The summed E-state index contributed by atoms with van der Waals surface area (Å²) in [7, 11) is 0. The van der Waals surface area contributed by atoms with E-state index in [-0.39, 0.29) is 22.6 Å². The fourth-order valence-electron chi connectivity index (χ4n) is 2.59. The third-order valence-electron chi connectivity index (χ3n) is 3.94. The molecule has 0 bridgehead atoms. The van der Waals surface area contributed by atoms with Crippen LogP contribution in [0, 0.1) is 0 Å². The number of amides is 1. The van der Waals surface area contributed by atoms with Gasteiger partial charge in [0.1, 0.15) is 0 Å². The zero-order chi connectivity index (χ0) is 16.1. The Morgan fingerprint density at radius 2 is 2.00 bits per heavy atom. The average Bonchev–Trinajstić information content (AvgIpc) is 2.47. The first kappa shape index (κ1) is 17.1. The molecule has 1 aromatic heterocycles. The summed E-state index contributed by atoms with van der Waals surface area (Å²) in [6.07, 6.45) is 5.79. The van der Waals surface area contributed by atoms with Crippen LogP contribution in [0.3, 0.4) is 0 Å². The van der Waals surface area contributed by atoms with Crippen molar-refractivity contribution < 1.29 is 4.79 Å². The molecular weight excluding hydrogens is 298 g/mol. The van der Waals surface area contributed by atoms with Gasteiger partial charge in [-0.1, -0.05) is 44.9 Å². The van der Waals surface area contributed by atoms with Gasteiger partial charge in [-0.25, -0.2) is 4.98 Å². The molecule has 5 nitrogen and oxygen atoms in total. The Kier molecular flexibility index (Phi) is 6.06. The molecule has 0 radical (unpaired) electrons. The quantitative estimate of drug-likeness (QED) is 0.645. The second-order valence-corrected chi connectivity index (χ2v) is 7.56. The summed E-state index contributed by atoms with van der Waals surface area (Å²) < 4.78 is 0.